The molecular formula is C34H44N4O3. The fourth-order valence-corrected chi connectivity index (χ4v) is 7.27. The predicted molar refractivity (Wildman–Crippen MR) is 164 cm³/mol. The van der Waals surface area contributed by atoms with E-state index in [4.69, 9.17) is 10.5 Å². The number of H-pyrrole nitrogens is 1. The van der Waals surface area contributed by atoms with Crippen molar-refractivity contribution in [2.24, 2.45) is 11.7 Å². The molecule has 3 aliphatic rings. The highest BCUT2D eigenvalue weighted by molar-refractivity contribution is 5.92. The lowest BCUT2D eigenvalue weighted by Gasteiger charge is -2.40. The number of carbonyl (C=O) groups excluding carboxylic acids is 1. The molecule has 6 rings (SSSR count). The highest BCUT2D eigenvalue weighted by atomic mass is 16.5. The topological polar surface area (TPSA) is 104 Å². The molecule has 2 aromatic carbocycles. The second-order valence-corrected chi connectivity index (χ2v) is 12.9. The van der Waals surface area contributed by atoms with Gasteiger partial charge in [-0.05, 0) is 105 Å². The van der Waals surface area contributed by atoms with Crippen LogP contribution in [0.3, 0.4) is 0 Å². The van der Waals surface area contributed by atoms with Crippen LogP contribution in [0.1, 0.15) is 75.0 Å². The molecule has 2 unspecified atom stereocenters. The van der Waals surface area contributed by atoms with Crippen molar-refractivity contribution in [2.75, 3.05) is 13.1 Å². The fraction of sp³-hybridized carbons (Fsp3) is 0.500. The van der Waals surface area contributed by atoms with Gasteiger partial charge in [-0.25, -0.2) is 0 Å². The summed E-state index contributed by atoms with van der Waals surface area (Å²) in [6, 6.07) is 14.8. The molecule has 218 valence electrons. The molecule has 1 saturated heterocycles. The quantitative estimate of drug-likeness (QED) is 0.240. The molecule has 7 heteroatoms. The van der Waals surface area contributed by atoms with Gasteiger partial charge in [0, 0.05) is 54.8 Å². The number of amides is 1. The molecule has 1 saturated carbocycles. The number of para-hydroxylation sites is 1. The van der Waals surface area contributed by atoms with E-state index < -0.39 is 6.23 Å². The Kier molecular flexibility index (Phi) is 7.94. The Balaban J connectivity index is 0.993. The van der Waals surface area contributed by atoms with Gasteiger partial charge in [-0.1, -0.05) is 24.3 Å². The minimum Gasteiger partial charge on any atom is -0.487 e. The van der Waals surface area contributed by atoms with Gasteiger partial charge >= 0.3 is 0 Å². The minimum atomic E-state index is -0.915. The molecule has 1 aliphatic carbocycles. The fourth-order valence-electron chi connectivity index (χ4n) is 7.27. The van der Waals surface area contributed by atoms with Gasteiger partial charge in [0.15, 0.2) is 0 Å². The normalized spacial score (nSPS) is 24.3. The second-order valence-electron chi connectivity index (χ2n) is 12.9. The van der Waals surface area contributed by atoms with E-state index >= 15 is 0 Å². The lowest BCUT2D eigenvalue weighted by Crippen LogP contribution is -2.56. The van der Waals surface area contributed by atoms with E-state index in [9.17, 15) is 9.90 Å². The first-order chi connectivity index (χ1) is 19.8. The highest BCUT2D eigenvalue weighted by Crippen LogP contribution is 2.38. The van der Waals surface area contributed by atoms with Gasteiger partial charge in [0.25, 0.3) is 0 Å². The van der Waals surface area contributed by atoms with E-state index in [0.29, 0.717) is 25.0 Å². The van der Waals surface area contributed by atoms with Crippen LogP contribution in [0.25, 0.3) is 17.0 Å². The Morgan fingerprint density at radius 3 is 2.63 bits per heavy atom. The van der Waals surface area contributed by atoms with E-state index in [-0.39, 0.29) is 23.5 Å². The van der Waals surface area contributed by atoms with Crippen molar-refractivity contribution in [3.05, 3.63) is 71.4 Å². The van der Waals surface area contributed by atoms with Crippen LogP contribution < -0.4 is 15.8 Å². The van der Waals surface area contributed by atoms with Crippen LogP contribution in [-0.2, 0) is 11.2 Å². The molecule has 1 amide bonds. The monoisotopic (exact) mass is 556 g/mol. The van der Waals surface area contributed by atoms with Crippen LogP contribution in [0.4, 0.5) is 0 Å². The molecule has 5 N–H and O–H groups in total. The number of nitrogens with zero attached hydrogens (tertiary/aromatic N) is 1. The molecule has 7 nitrogen and oxygen atoms in total. The number of aliphatic hydroxyl groups is 1. The number of hydrogen-bond donors (Lipinski definition) is 4. The number of aromatic nitrogens is 1. The molecule has 0 spiro atoms. The summed E-state index contributed by atoms with van der Waals surface area (Å²) >= 11 is 0. The van der Waals surface area contributed by atoms with Crippen molar-refractivity contribution < 1.29 is 14.6 Å². The molecule has 1 aromatic heterocycles. The second kappa shape index (κ2) is 11.6. The first-order valence-electron chi connectivity index (χ1n) is 15.3. The van der Waals surface area contributed by atoms with E-state index in [1.165, 1.54) is 22.0 Å². The summed E-state index contributed by atoms with van der Waals surface area (Å²) in [4.78, 5) is 18.3. The Labute approximate surface area is 243 Å². The number of likely N-dealkylation sites (tertiary alicyclic amines) is 1. The molecule has 2 aliphatic heterocycles. The zero-order valence-electron chi connectivity index (χ0n) is 24.3. The number of nitrogens with one attached hydrogen (secondary N) is 2. The number of aromatic amines is 1. The van der Waals surface area contributed by atoms with Crippen LogP contribution in [0.15, 0.2) is 54.7 Å². The number of rotatable bonds is 7. The van der Waals surface area contributed by atoms with E-state index in [0.717, 1.165) is 56.3 Å². The van der Waals surface area contributed by atoms with Gasteiger partial charge in [-0.2, -0.15) is 0 Å². The maximum Gasteiger partial charge on any atom is 0.246 e. The number of piperidine rings is 1. The third kappa shape index (κ3) is 6.22. The maximum atomic E-state index is 13.0. The molecule has 3 heterocycles. The summed E-state index contributed by atoms with van der Waals surface area (Å²) in [5, 5.41) is 15.6. The van der Waals surface area contributed by atoms with Crippen molar-refractivity contribution in [2.45, 2.75) is 88.6 Å². The number of benzene rings is 2. The number of aliphatic hydroxyl groups excluding tert-OH is 1. The maximum absolute atomic E-state index is 13.0. The van der Waals surface area contributed by atoms with Crippen molar-refractivity contribution in [3.8, 4) is 5.75 Å². The number of carbonyl (C=O) groups is 1. The minimum absolute atomic E-state index is 0.0361. The molecule has 2 fully saturated rings. The van der Waals surface area contributed by atoms with Crippen molar-refractivity contribution >= 4 is 22.9 Å². The van der Waals surface area contributed by atoms with Crippen LogP contribution in [-0.4, -0.2) is 57.9 Å². The molecule has 3 aromatic rings. The first-order valence-corrected chi connectivity index (χ1v) is 15.3. The van der Waals surface area contributed by atoms with Gasteiger partial charge in [0.05, 0.1) is 0 Å². The lowest BCUT2D eigenvalue weighted by atomic mass is 9.80. The average Bonchev–Trinajstić information content (AvgIpc) is 3.54. The van der Waals surface area contributed by atoms with Crippen molar-refractivity contribution in [3.63, 3.8) is 0 Å². The summed E-state index contributed by atoms with van der Waals surface area (Å²) in [7, 11) is 0. The smallest absolute Gasteiger partial charge is 0.246 e. The van der Waals surface area contributed by atoms with Crippen LogP contribution in [0.2, 0.25) is 0 Å². The molecule has 2 atom stereocenters. The Bertz CT molecular complexity index is 1390. The molecular weight excluding hydrogens is 512 g/mol. The molecule has 0 radical (unpaired) electrons. The van der Waals surface area contributed by atoms with Gasteiger partial charge in [0.1, 0.15) is 17.6 Å². The van der Waals surface area contributed by atoms with E-state index in [2.05, 4.69) is 60.7 Å². The Hall–Kier alpha value is -3.13. The lowest BCUT2D eigenvalue weighted by molar-refractivity contribution is -0.127. The zero-order valence-corrected chi connectivity index (χ0v) is 24.3. The van der Waals surface area contributed by atoms with Gasteiger partial charge < -0.3 is 30.8 Å². The third-order valence-electron chi connectivity index (χ3n) is 9.45. The van der Waals surface area contributed by atoms with Crippen molar-refractivity contribution in [1.82, 2.24) is 15.2 Å². The Morgan fingerprint density at radius 1 is 1.12 bits per heavy atom. The number of hydrogen-bond acceptors (Lipinski definition) is 5. The Morgan fingerprint density at radius 2 is 1.88 bits per heavy atom. The average molecular weight is 557 g/mol. The first kappa shape index (κ1) is 28.0. The summed E-state index contributed by atoms with van der Waals surface area (Å²) in [6.07, 6.45) is 11.8. The van der Waals surface area contributed by atoms with E-state index in [1.807, 2.05) is 23.1 Å². The molecule has 0 bridgehead atoms. The summed E-state index contributed by atoms with van der Waals surface area (Å²) in [5.41, 5.74) is 10.8. The van der Waals surface area contributed by atoms with Gasteiger partial charge in [-0.3, -0.25) is 4.79 Å². The highest BCUT2D eigenvalue weighted by Gasteiger charge is 2.34. The molecule has 41 heavy (non-hydrogen) atoms. The van der Waals surface area contributed by atoms with Gasteiger partial charge in [0.2, 0.25) is 5.91 Å². The number of nitrogens with two attached hydrogens (primary N) is 1. The summed E-state index contributed by atoms with van der Waals surface area (Å²) in [6.45, 7) is 5.54. The van der Waals surface area contributed by atoms with Crippen LogP contribution >= 0.6 is 0 Å². The summed E-state index contributed by atoms with van der Waals surface area (Å²) < 4.78 is 5.97. The van der Waals surface area contributed by atoms with E-state index in [1.54, 1.807) is 6.08 Å². The SMILES string of the molecule is CC1(C)Cc2cc(C=CC(=O)N3CCC(C(NC4CCC(c5c[nH]c6ccccc56)CC4)C(N)O)CC3)ccc2O1. The largest absolute Gasteiger partial charge is 0.487 e. The summed E-state index contributed by atoms with van der Waals surface area (Å²) in [5.74, 6) is 1.78. The van der Waals surface area contributed by atoms with Crippen LogP contribution in [0.5, 0.6) is 5.75 Å². The standard InChI is InChI=1S/C34H44N4O3/c1-34(2)20-25-19-22(7-13-30(25)41-34)8-14-31(39)38-17-15-24(16-18-38)32(33(35)40)37-26-11-9-23(10-12-26)28-21-36-29-6-4-3-5-27(28)29/h3-8,13-14,19,21,23-24,26,32-33,36-37,40H,9-12,15-18,20,35H2,1-2H3. The van der Waals surface area contributed by atoms with Gasteiger partial charge in [-0.15, -0.1) is 0 Å². The predicted octanol–water partition coefficient (Wildman–Crippen LogP) is 5.09. The number of ether oxygens (including phenoxy) is 1. The number of fused-ring (bicyclic) bond motifs is 2. The third-order valence-corrected chi connectivity index (χ3v) is 9.45. The van der Waals surface area contributed by atoms with Crippen LogP contribution in [0, 0.1) is 5.92 Å². The zero-order chi connectivity index (χ0) is 28.6. The van der Waals surface area contributed by atoms with Crippen molar-refractivity contribution in [1.29, 1.82) is 0 Å².